The second kappa shape index (κ2) is 4.83. The predicted octanol–water partition coefficient (Wildman–Crippen LogP) is 4.08. The zero-order valence-corrected chi connectivity index (χ0v) is 12.7. The average molecular weight is 308 g/mol. The van der Waals surface area contributed by atoms with Gasteiger partial charge in [0.25, 0.3) is 0 Å². The Morgan fingerprint density at radius 3 is 2.42 bits per heavy atom. The van der Waals surface area contributed by atoms with E-state index in [0.717, 1.165) is 33.3 Å². The highest BCUT2D eigenvalue weighted by Crippen LogP contribution is 2.40. The number of para-hydroxylation sites is 2. The molecular weight excluding hydrogens is 296 g/mol. The average Bonchev–Trinajstić information content (AvgIpc) is 3.01. The number of carbonyl (C=O) groups excluding carboxylic acids is 1. The molecular formula is C21H12N2O. The zero-order valence-electron chi connectivity index (χ0n) is 12.7. The first kappa shape index (κ1) is 13.1. The molecule has 0 radical (unpaired) electrons. The minimum absolute atomic E-state index is 0.00767. The smallest absolute Gasteiger partial charge is 0.195 e. The Labute approximate surface area is 138 Å². The highest BCUT2D eigenvalue weighted by Gasteiger charge is 2.29. The lowest BCUT2D eigenvalue weighted by Crippen LogP contribution is -2.10. The van der Waals surface area contributed by atoms with Crippen LogP contribution in [0.5, 0.6) is 0 Å². The fraction of sp³-hybridized carbons (Fsp3) is 0. The Balaban J connectivity index is 1.65. The molecule has 3 heteroatoms. The summed E-state index contributed by atoms with van der Waals surface area (Å²) in [6.07, 6.45) is 7.50. The van der Waals surface area contributed by atoms with Crippen LogP contribution in [0, 0.1) is 0 Å². The SMILES string of the molecule is O=C1C2=Cc3ccccc3C2=CC=C1c1cnc2ccccc2n1. The summed E-state index contributed by atoms with van der Waals surface area (Å²) in [4.78, 5) is 22.0. The van der Waals surface area contributed by atoms with Crippen LogP contribution in [0.1, 0.15) is 16.8 Å². The maximum Gasteiger partial charge on any atom is 0.195 e. The van der Waals surface area contributed by atoms with Gasteiger partial charge in [-0.3, -0.25) is 9.78 Å². The molecule has 112 valence electrons. The van der Waals surface area contributed by atoms with Crippen molar-refractivity contribution >= 4 is 34.0 Å². The van der Waals surface area contributed by atoms with Crippen LogP contribution in [0.15, 0.2) is 72.5 Å². The van der Waals surface area contributed by atoms with Crippen LogP contribution in [0.25, 0.3) is 28.3 Å². The van der Waals surface area contributed by atoms with E-state index in [1.54, 1.807) is 6.20 Å². The van der Waals surface area contributed by atoms with Crippen molar-refractivity contribution in [1.82, 2.24) is 9.97 Å². The molecule has 1 aromatic heterocycles. The summed E-state index contributed by atoms with van der Waals surface area (Å²) < 4.78 is 0. The Morgan fingerprint density at radius 2 is 1.50 bits per heavy atom. The molecule has 2 aromatic carbocycles. The number of ketones is 1. The van der Waals surface area contributed by atoms with Crippen molar-refractivity contribution in [2.24, 2.45) is 0 Å². The fourth-order valence-corrected chi connectivity index (χ4v) is 3.29. The van der Waals surface area contributed by atoms with Crippen molar-refractivity contribution in [3.63, 3.8) is 0 Å². The molecule has 1 heterocycles. The molecule has 2 aliphatic carbocycles. The summed E-state index contributed by atoms with van der Waals surface area (Å²) >= 11 is 0. The van der Waals surface area contributed by atoms with Crippen LogP contribution >= 0.6 is 0 Å². The van der Waals surface area contributed by atoms with E-state index in [2.05, 4.69) is 9.97 Å². The number of rotatable bonds is 1. The second-order valence-electron chi connectivity index (χ2n) is 5.88. The normalized spacial score (nSPS) is 15.5. The molecule has 0 N–H and O–H groups in total. The lowest BCUT2D eigenvalue weighted by molar-refractivity contribution is -0.110. The molecule has 0 amide bonds. The van der Waals surface area contributed by atoms with E-state index < -0.39 is 0 Å². The van der Waals surface area contributed by atoms with Gasteiger partial charge in [0, 0.05) is 11.1 Å². The number of nitrogens with zero attached hydrogens (tertiary/aromatic N) is 2. The van der Waals surface area contributed by atoms with Crippen LogP contribution in [0.2, 0.25) is 0 Å². The van der Waals surface area contributed by atoms with E-state index in [4.69, 9.17) is 0 Å². The van der Waals surface area contributed by atoms with Gasteiger partial charge in [0.1, 0.15) is 0 Å². The van der Waals surface area contributed by atoms with E-state index in [1.807, 2.05) is 66.8 Å². The van der Waals surface area contributed by atoms with Gasteiger partial charge in [-0.2, -0.15) is 0 Å². The third-order valence-corrected chi connectivity index (χ3v) is 4.47. The van der Waals surface area contributed by atoms with E-state index >= 15 is 0 Å². The van der Waals surface area contributed by atoms with Gasteiger partial charge in [0.05, 0.1) is 22.9 Å². The molecule has 0 fully saturated rings. The van der Waals surface area contributed by atoms with Gasteiger partial charge in [-0.15, -0.1) is 0 Å². The van der Waals surface area contributed by atoms with Gasteiger partial charge in [-0.05, 0) is 41.0 Å². The molecule has 0 atom stereocenters. The first-order valence-electron chi connectivity index (χ1n) is 7.81. The first-order chi connectivity index (χ1) is 11.8. The van der Waals surface area contributed by atoms with Crippen LogP contribution < -0.4 is 0 Å². The number of Topliss-reactive ketones (excluding diaryl/α,β-unsaturated/α-hetero) is 1. The minimum atomic E-state index is 0.00767. The summed E-state index contributed by atoms with van der Waals surface area (Å²) in [6.45, 7) is 0. The molecule has 3 nitrogen and oxygen atoms in total. The molecule has 0 spiro atoms. The number of hydrogen-bond donors (Lipinski definition) is 0. The van der Waals surface area contributed by atoms with Crippen molar-refractivity contribution in [1.29, 1.82) is 0 Å². The topological polar surface area (TPSA) is 42.9 Å². The number of benzene rings is 2. The maximum atomic E-state index is 13.0. The van der Waals surface area contributed by atoms with E-state index in [-0.39, 0.29) is 5.78 Å². The third-order valence-electron chi connectivity index (χ3n) is 4.47. The van der Waals surface area contributed by atoms with Crippen molar-refractivity contribution < 1.29 is 4.79 Å². The van der Waals surface area contributed by atoms with Gasteiger partial charge < -0.3 is 0 Å². The van der Waals surface area contributed by atoms with Crippen molar-refractivity contribution in [2.75, 3.05) is 0 Å². The van der Waals surface area contributed by atoms with Crippen molar-refractivity contribution in [3.05, 3.63) is 89.3 Å². The fourth-order valence-electron chi connectivity index (χ4n) is 3.29. The number of allylic oxidation sites excluding steroid dienone is 5. The molecule has 0 bridgehead atoms. The number of hydrogen-bond acceptors (Lipinski definition) is 3. The Hall–Kier alpha value is -3.33. The van der Waals surface area contributed by atoms with Crippen LogP contribution in [-0.2, 0) is 4.79 Å². The molecule has 0 saturated heterocycles. The van der Waals surface area contributed by atoms with E-state index in [1.165, 1.54) is 0 Å². The summed E-state index contributed by atoms with van der Waals surface area (Å²) in [5.41, 5.74) is 6.77. The standard InChI is InChI=1S/C21H12N2O/c24-21-16(20-12-22-18-7-3-4-8-19(18)23-20)10-9-15-14-6-2-1-5-13(14)11-17(15)21/h1-12H. The second-order valence-corrected chi connectivity index (χ2v) is 5.88. The van der Waals surface area contributed by atoms with Gasteiger partial charge in [0.15, 0.2) is 5.78 Å². The van der Waals surface area contributed by atoms with Gasteiger partial charge >= 0.3 is 0 Å². The highest BCUT2D eigenvalue weighted by molar-refractivity contribution is 6.38. The van der Waals surface area contributed by atoms with E-state index in [9.17, 15) is 4.79 Å². The largest absolute Gasteiger partial charge is 0.289 e. The van der Waals surface area contributed by atoms with Crippen LogP contribution in [-0.4, -0.2) is 15.8 Å². The molecule has 3 aromatic rings. The quantitative estimate of drug-likeness (QED) is 0.680. The Morgan fingerprint density at radius 1 is 0.750 bits per heavy atom. The first-order valence-corrected chi connectivity index (χ1v) is 7.81. The molecule has 0 aliphatic heterocycles. The molecule has 0 unspecified atom stereocenters. The summed E-state index contributed by atoms with van der Waals surface area (Å²) in [6, 6.07) is 15.7. The third kappa shape index (κ3) is 1.82. The highest BCUT2D eigenvalue weighted by atomic mass is 16.1. The number of carbonyl (C=O) groups is 1. The monoisotopic (exact) mass is 308 g/mol. The molecule has 2 aliphatic rings. The number of aromatic nitrogens is 2. The van der Waals surface area contributed by atoms with Crippen LogP contribution in [0.4, 0.5) is 0 Å². The minimum Gasteiger partial charge on any atom is -0.289 e. The van der Waals surface area contributed by atoms with E-state index in [0.29, 0.717) is 11.3 Å². The van der Waals surface area contributed by atoms with Crippen molar-refractivity contribution in [3.8, 4) is 0 Å². The van der Waals surface area contributed by atoms with Gasteiger partial charge in [-0.1, -0.05) is 42.5 Å². The molecule has 0 saturated carbocycles. The molecule has 5 rings (SSSR count). The lowest BCUT2D eigenvalue weighted by atomic mass is 9.90. The maximum absolute atomic E-state index is 13.0. The summed E-state index contributed by atoms with van der Waals surface area (Å²) in [5, 5.41) is 0. The Bertz CT molecular complexity index is 1120. The lowest BCUT2D eigenvalue weighted by Gasteiger charge is -2.13. The van der Waals surface area contributed by atoms with Crippen LogP contribution in [0.3, 0.4) is 0 Å². The predicted molar refractivity (Wildman–Crippen MR) is 94.9 cm³/mol. The van der Waals surface area contributed by atoms with Gasteiger partial charge in [-0.25, -0.2) is 4.98 Å². The van der Waals surface area contributed by atoms with Crippen molar-refractivity contribution in [2.45, 2.75) is 0 Å². The number of fused-ring (bicyclic) bond motifs is 4. The zero-order chi connectivity index (χ0) is 16.1. The van der Waals surface area contributed by atoms with Gasteiger partial charge in [0.2, 0.25) is 0 Å². The summed E-state index contributed by atoms with van der Waals surface area (Å²) in [7, 11) is 0. The molecule has 24 heavy (non-hydrogen) atoms. The summed E-state index contributed by atoms with van der Waals surface area (Å²) in [5.74, 6) is 0.00767. The Kier molecular flexibility index (Phi) is 2.65.